The largest absolute Gasteiger partial charge is 0.507 e. The molecule has 0 aliphatic carbocycles. The molecule has 0 saturated carbocycles. The summed E-state index contributed by atoms with van der Waals surface area (Å²) in [5.41, 5.74) is 2.15. The molecular weight excluding hydrogens is 442 g/mol. The number of aliphatic hydroxyl groups excluding tert-OH is 1. The summed E-state index contributed by atoms with van der Waals surface area (Å²) in [6.45, 7) is 7.27. The van der Waals surface area contributed by atoms with Crippen LogP contribution in [0.25, 0.3) is 5.76 Å². The summed E-state index contributed by atoms with van der Waals surface area (Å²) >= 11 is 6.06. The molecule has 2 aromatic carbocycles. The highest BCUT2D eigenvalue weighted by atomic mass is 35.5. The smallest absolute Gasteiger partial charge is 0.295 e. The van der Waals surface area contributed by atoms with Crippen LogP contribution < -0.4 is 4.74 Å². The topological polar surface area (TPSA) is 76.1 Å². The fourth-order valence-electron chi connectivity index (χ4n) is 4.07. The Balaban J connectivity index is 2.14. The first kappa shape index (κ1) is 24.8. The number of ketones is 1. The Kier molecular flexibility index (Phi) is 8.16. The van der Waals surface area contributed by atoms with Gasteiger partial charge in [0.05, 0.1) is 18.2 Å². The predicted molar refractivity (Wildman–Crippen MR) is 129 cm³/mol. The Morgan fingerprint density at radius 1 is 1.15 bits per heavy atom. The molecule has 0 aromatic heterocycles. The number of hydrogen-bond donors (Lipinski definition) is 1. The fraction of sp³-hybridized carbons (Fsp3) is 0.385. The van der Waals surface area contributed by atoms with Crippen molar-refractivity contribution < 1.29 is 24.2 Å². The Morgan fingerprint density at radius 2 is 1.85 bits per heavy atom. The molecule has 176 valence electrons. The lowest BCUT2D eigenvalue weighted by atomic mass is 9.93. The van der Waals surface area contributed by atoms with Gasteiger partial charge in [0.2, 0.25) is 0 Å². The summed E-state index contributed by atoms with van der Waals surface area (Å²) < 4.78 is 10.8. The van der Waals surface area contributed by atoms with Crippen molar-refractivity contribution in [2.24, 2.45) is 0 Å². The van der Waals surface area contributed by atoms with E-state index < -0.39 is 17.7 Å². The molecule has 1 N–H and O–H groups in total. The number of benzene rings is 2. The average Bonchev–Trinajstić information content (AvgIpc) is 3.04. The summed E-state index contributed by atoms with van der Waals surface area (Å²) in [5, 5.41) is 11.8. The second kappa shape index (κ2) is 10.9. The maximum absolute atomic E-state index is 13.1. The first-order valence-corrected chi connectivity index (χ1v) is 11.5. The van der Waals surface area contributed by atoms with Gasteiger partial charge in [-0.15, -0.1) is 0 Å². The van der Waals surface area contributed by atoms with E-state index in [1.807, 2.05) is 26.8 Å². The van der Waals surface area contributed by atoms with Crippen LogP contribution in [-0.4, -0.2) is 48.6 Å². The average molecular weight is 472 g/mol. The summed E-state index contributed by atoms with van der Waals surface area (Å²) in [7, 11) is 1.59. The van der Waals surface area contributed by atoms with Gasteiger partial charge in [-0.05, 0) is 60.7 Å². The molecule has 3 rings (SSSR count). The quantitative estimate of drug-likeness (QED) is 0.232. The standard InChI is InChI=1S/C26H30ClNO5/c1-5-33-21-12-9-18(15-20(21)16(2)3)24(29)22-23(17-7-10-19(27)11-8-17)28(13-6-14-32-4)26(31)25(22)30/h7-12,15-16,23,29H,5-6,13-14H2,1-4H3/b24-22-. The lowest BCUT2D eigenvalue weighted by Crippen LogP contribution is -2.31. The van der Waals surface area contributed by atoms with E-state index in [9.17, 15) is 14.7 Å². The van der Waals surface area contributed by atoms with E-state index >= 15 is 0 Å². The minimum atomic E-state index is -0.715. The number of carbonyl (C=O) groups is 2. The molecular formula is C26H30ClNO5. The summed E-state index contributed by atoms with van der Waals surface area (Å²) in [4.78, 5) is 27.6. The molecule has 6 nitrogen and oxygen atoms in total. The number of likely N-dealkylation sites (tertiary alicyclic amines) is 1. The molecule has 0 spiro atoms. The number of halogens is 1. The number of hydrogen-bond acceptors (Lipinski definition) is 5. The lowest BCUT2D eigenvalue weighted by Gasteiger charge is -2.25. The second-order valence-corrected chi connectivity index (χ2v) is 8.67. The van der Waals surface area contributed by atoms with E-state index in [-0.39, 0.29) is 17.3 Å². The second-order valence-electron chi connectivity index (χ2n) is 8.23. The highest BCUT2D eigenvalue weighted by Gasteiger charge is 2.45. The third-order valence-electron chi connectivity index (χ3n) is 5.68. The van der Waals surface area contributed by atoms with Gasteiger partial charge in [-0.25, -0.2) is 0 Å². The molecule has 0 bridgehead atoms. The van der Waals surface area contributed by atoms with Crippen molar-refractivity contribution in [1.82, 2.24) is 4.90 Å². The van der Waals surface area contributed by atoms with Crippen LogP contribution in [0.15, 0.2) is 48.0 Å². The van der Waals surface area contributed by atoms with Gasteiger partial charge in [-0.2, -0.15) is 0 Å². The van der Waals surface area contributed by atoms with Gasteiger partial charge in [0.15, 0.2) is 0 Å². The van der Waals surface area contributed by atoms with Crippen molar-refractivity contribution in [2.45, 2.75) is 39.2 Å². The number of aliphatic hydroxyl groups is 1. The number of amides is 1. The summed E-state index contributed by atoms with van der Waals surface area (Å²) in [5.74, 6) is -0.666. The Labute approximate surface area is 199 Å². The van der Waals surface area contributed by atoms with E-state index in [2.05, 4.69) is 0 Å². The van der Waals surface area contributed by atoms with Crippen LogP contribution >= 0.6 is 11.6 Å². The first-order valence-electron chi connectivity index (χ1n) is 11.1. The Bertz CT molecular complexity index is 1050. The monoisotopic (exact) mass is 471 g/mol. The molecule has 1 fully saturated rings. The van der Waals surface area contributed by atoms with E-state index in [0.29, 0.717) is 42.3 Å². The number of ether oxygens (including phenoxy) is 2. The Morgan fingerprint density at radius 3 is 2.45 bits per heavy atom. The molecule has 1 aliphatic rings. The fourth-order valence-corrected chi connectivity index (χ4v) is 4.20. The van der Waals surface area contributed by atoms with E-state index in [1.54, 1.807) is 43.5 Å². The van der Waals surface area contributed by atoms with Gasteiger partial charge in [0.1, 0.15) is 11.5 Å². The lowest BCUT2D eigenvalue weighted by molar-refractivity contribution is -0.140. The summed E-state index contributed by atoms with van der Waals surface area (Å²) in [6.07, 6.45) is 0.564. The van der Waals surface area contributed by atoms with Crippen molar-refractivity contribution in [3.8, 4) is 5.75 Å². The van der Waals surface area contributed by atoms with Crippen LogP contribution in [0.3, 0.4) is 0 Å². The molecule has 1 unspecified atom stereocenters. The SMILES string of the molecule is CCOc1ccc(/C(O)=C2/C(=O)C(=O)N(CCCOC)C2c2ccc(Cl)cc2)cc1C(C)C. The van der Waals surface area contributed by atoms with Crippen molar-refractivity contribution in [3.63, 3.8) is 0 Å². The van der Waals surface area contributed by atoms with Crippen LogP contribution in [0.5, 0.6) is 5.75 Å². The number of Topliss-reactive ketones (excluding diaryl/α,β-unsaturated/α-hetero) is 1. The van der Waals surface area contributed by atoms with Crippen molar-refractivity contribution in [3.05, 3.63) is 69.8 Å². The first-order chi connectivity index (χ1) is 15.8. The van der Waals surface area contributed by atoms with Crippen molar-refractivity contribution in [1.29, 1.82) is 0 Å². The zero-order valence-corrected chi connectivity index (χ0v) is 20.2. The van der Waals surface area contributed by atoms with E-state index in [1.165, 1.54) is 4.90 Å². The van der Waals surface area contributed by atoms with Crippen LogP contribution in [0.1, 0.15) is 55.8 Å². The maximum Gasteiger partial charge on any atom is 0.295 e. The van der Waals surface area contributed by atoms with Crippen LogP contribution in [0.4, 0.5) is 0 Å². The number of rotatable bonds is 9. The third-order valence-corrected chi connectivity index (χ3v) is 5.93. The molecule has 1 atom stereocenters. The number of carbonyl (C=O) groups excluding carboxylic acids is 2. The van der Waals surface area contributed by atoms with E-state index in [4.69, 9.17) is 21.1 Å². The van der Waals surface area contributed by atoms with Gasteiger partial charge >= 0.3 is 0 Å². The number of nitrogens with zero attached hydrogens (tertiary/aromatic N) is 1. The molecule has 33 heavy (non-hydrogen) atoms. The number of methoxy groups -OCH3 is 1. The van der Waals surface area contributed by atoms with Gasteiger partial charge in [-0.1, -0.05) is 37.6 Å². The predicted octanol–water partition coefficient (Wildman–Crippen LogP) is 5.32. The van der Waals surface area contributed by atoms with Crippen LogP contribution in [-0.2, 0) is 14.3 Å². The van der Waals surface area contributed by atoms with Gasteiger partial charge in [0.25, 0.3) is 11.7 Å². The molecule has 2 aromatic rings. The highest BCUT2D eigenvalue weighted by Crippen LogP contribution is 2.40. The minimum Gasteiger partial charge on any atom is -0.507 e. The molecule has 1 amide bonds. The van der Waals surface area contributed by atoms with Gasteiger partial charge in [0, 0.05) is 30.8 Å². The Hall–Kier alpha value is -2.83. The molecule has 1 aliphatic heterocycles. The zero-order valence-electron chi connectivity index (χ0n) is 19.4. The maximum atomic E-state index is 13.1. The van der Waals surface area contributed by atoms with Crippen LogP contribution in [0.2, 0.25) is 5.02 Å². The van der Waals surface area contributed by atoms with Crippen molar-refractivity contribution in [2.75, 3.05) is 26.9 Å². The molecule has 0 radical (unpaired) electrons. The molecule has 1 saturated heterocycles. The molecule has 7 heteroatoms. The normalized spacial score (nSPS) is 17.8. The summed E-state index contributed by atoms with van der Waals surface area (Å²) in [6, 6.07) is 11.6. The van der Waals surface area contributed by atoms with Gasteiger partial charge in [-0.3, -0.25) is 9.59 Å². The third kappa shape index (κ3) is 5.23. The highest BCUT2D eigenvalue weighted by molar-refractivity contribution is 6.46. The van der Waals surface area contributed by atoms with Gasteiger partial charge < -0.3 is 19.5 Å². The van der Waals surface area contributed by atoms with E-state index in [0.717, 1.165) is 11.3 Å². The minimum absolute atomic E-state index is 0.0682. The van der Waals surface area contributed by atoms with Crippen molar-refractivity contribution >= 4 is 29.1 Å². The zero-order chi connectivity index (χ0) is 24.1. The molecule has 1 heterocycles. The van der Waals surface area contributed by atoms with Crippen LogP contribution in [0, 0.1) is 0 Å².